The smallest absolute Gasteiger partial charge is 0.249 e. The van der Waals surface area contributed by atoms with Crippen LogP contribution in [0.4, 0.5) is 29.2 Å². The van der Waals surface area contributed by atoms with Crippen molar-refractivity contribution >= 4 is 44.8 Å². The standard InChI is InChI=1S/C14H13F2N3O4S.C14H13F2N3O2S/c1-3-24(21,22)14-18-6-7(13(17)19-14)12(20)10-8(15)4-5-9(23-2)11(10)16;1-3-22-14-18-6-7(13(17)19-14)12(20)10-8(15)4-5-9(21-2)11(10)16/h4-6H,3H2,1-2H3,(H2,17,18,19);4-6H,3H2,1-2H3,(H2,17,18,19). The van der Waals surface area contributed by atoms with E-state index in [4.69, 9.17) is 20.9 Å². The van der Waals surface area contributed by atoms with Crippen molar-refractivity contribution in [3.63, 3.8) is 0 Å². The summed E-state index contributed by atoms with van der Waals surface area (Å²) < 4.78 is 88.8. The van der Waals surface area contributed by atoms with Crippen LogP contribution in [0.1, 0.15) is 45.7 Å². The maximum Gasteiger partial charge on any atom is 0.249 e. The summed E-state index contributed by atoms with van der Waals surface area (Å²) in [6, 6.07) is 3.94. The van der Waals surface area contributed by atoms with Gasteiger partial charge in [0.25, 0.3) is 0 Å². The highest BCUT2D eigenvalue weighted by atomic mass is 32.2. The molecule has 46 heavy (non-hydrogen) atoms. The lowest BCUT2D eigenvalue weighted by Crippen LogP contribution is -2.16. The number of benzene rings is 2. The van der Waals surface area contributed by atoms with Crippen molar-refractivity contribution in [1.82, 2.24) is 19.9 Å². The van der Waals surface area contributed by atoms with Gasteiger partial charge in [0, 0.05) is 12.4 Å². The van der Waals surface area contributed by atoms with Gasteiger partial charge in [0.2, 0.25) is 26.6 Å². The molecule has 244 valence electrons. The van der Waals surface area contributed by atoms with Gasteiger partial charge >= 0.3 is 0 Å². The molecule has 0 spiro atoms. The minimum absolute atomic E-state index is 0.127. The van der Waals surface area contributed by atoms with E-state index in [1.54, 1.807) is 0 Å². The molecule has 0 radical (unpaired) electrons. The molecule has 2 aromatic heterocycles. The number of ketones is 2. The fourth-order valence-corrected chi connectivity index (χ4v) is 4.91. The number of hydrogen-bond donors (Lipinski definition) is 2. The molecule has 18 heteroatoms. The summed E-state index contributed by atoms with van der Waals surface area (Å²) in [5, 5.41) is -0.172. The number of anilines is 2. The van der Waals surface area contributed by atoms with E-state index in [0.29, 0.717) is 5.16 Å². The van der Waals surface area contributed by atoms with Crippen molar-refractivity contribution < 1.29 is 45.0 Å². The van der Waals surface area contributed by atoms with Crippen molar-refractivity contribution in [2.24, 2.45) is 0 Å². The van der Waals surface area contributed by atoms with E-state index < -0.39 is 72.3 Å². The predicted octanol–water partition coefficient (Wildman–Crippen LogP) is 4.06. The van der Waals surface area contributed by atoms with Crippen LogP contribution < -0.4 is 20.9 Å². The van der Waals surface area contributed by atoms with E-state index in [1.165, 1.54) is 32.0 Å². The number of aromatic nitrogens is 4. The predicted molar refractivity (Wildman–Crippen MR) is 160 cm³/mol. The number of nitrogen functional groups attached to an aromatic ring is 2. The highest BCUT2D eigenvalue weighted by molar-refractivity contribution is 7.99. The molecule has 0 amide bonds. The maximum atomic E-state index is 14.2. The average molecular weight is 683 g/mol. The Bertz CT molecular complexity index is 1910. The number of halogens is 4. The van der Waals surface area contributed by atoms with Gasteiger partial charge in [0.15, 0.2) is 28.3 Å². The molecular formula is C28H26F4N6O6S2. The van der Waals surface area contributed by atoms with Crippen LogP contribution in [0.5, 0.6) is 11.5 Å². The summed E-state index contributed by atoms with van der Waals surface area (Å²) in [6.45, 7) is 3.29. The molecule has 0 aliphatic carbocycles. The van der Waals surface area contributed by atoms with Gasteiger partial charge in [-0.2, -0.15) is 0 Å². The summed E-state index contributed by atoms with van der Waals surface area (Å²) in [6.07, 6.45) is 1.99. The Labute approximate surface area is 264 Å². The molecule has 0 saturated heterocycles. The third-order valence-corrected chi connectivity index (χ3v) is 8.28. The van der Waals surface area contributed by atoms with Crippen LogP contribution in [-0.2, 0) is 9.84 Å². The molecule has 4 rings (SSSR count). The third-order valence-electron chi connectivity index (χ3n) is 6.02. The minimum Gasteiger partial charge on any atom is -0.494 e. The zero-order chi connectivity index (χ0) is 34.3. The molecule has 0 fully saturated rings. The summed E-state index contributed by atoms with van der Waals surface area (Å²) >= 11 is 1.34. The van der Waals surface area contributed by atoms with Crippen molar-refractivity contribution in [3.8, 4) is 11.5 Å². The second kappa shape index (κ2) is 15.0. The Balaban J connectivity index is 0.000000251. The molecule has 0 aliphatic heterocycles. The number of methoxy groups -OCH3 is 2. The first-order valence-electron chi connectivity index (χ1n) is 13.0. The van der Waals surface area contributed by atoms with E-state index in [1.807, 2.05) is 6.92 Å². The Kier molecular flexibility index (Phi) is 11.6. The summed E-state index contributed by atoms with van der Waals surface area (Å²) in [5.74, 6) is -7.19. The molecule has 2 aromatic carbocycles. The fraction of sp³-hybridized carbons (Fsp3) is 0.214. The van der Waals surface area contributed by atoms with Crippen LogP contribution in [0.15, 0.2) is 47.0 Å². The third kappa shape index (κ3) is 7.51. The highest BCUT2D eigenvalue weighted by Gasteiger charge is 2.27. The van der Waals surface area contributed by atoms with Crippen LogP contribution in [0.3, 0.4) is 0 Å². The average Bonchev–Trinajstić information content (AvgIpc) is 3.01. The Morgan fingerprint density at radius 2 is 1.24 bits per heavy atom. The first-order chi connectivity index (χ1) is 21.7. The molecule has 0 saturated carbocycles. The second-order valence-electron chi connectivity index (χ2n) is 8.77. The number of nitrogens with zero attached hydrogens (tertiary/aromatic N) is 4. The summed E-state index contributed by atoms with van der Waals surface area (Å²) in [4.78, 5) is 39.7. The zero-order valence-corrected chi connectivity index (χ0v) is 26.2. The SMILES string of the molecule is CCS(=O)(=O)c1ncc(C(=O)c2c(F)ccc(OC)c2F)c(N)n1.CCSc1ncc(C(=O)c2c(F)ccc(OC)c2F)c(N)n1. The van der Waals surface area contributed by atoms with Crippen molar-refractivity contribution in [2.75, 3.05) is 37.2 Å². The van der Waals surface area contributed by atoms with Gasteiger partial charge in [-0.3, -0.25) is 9.59 Å². The van der Waals surface area contributed by atoms with Gasteiger partial charge in [-0.25, -0.2) is 45.9 Å². The van der Waals surface area contributed by atoms with Gasteiger partial charge in [0.1, 0.15) is 23.3 Å². The monoisotopic (exact) mass is 682 g/mol. The second-order valence-corrected chi connectivity index (χ2v) is 12.2. The maximum absolute atomic E-state index is 14.2. The quantitative estimate of drug-likeness (QED) is 0.106. The number of carbonyl (C=O) groups excluding carboxylic acids is 2. The number of rotatable bonds is 10. The molecule has 2 heterocycles. The Hall–Kier alpha value is -4.84. The molecule has 12 nitrogen and oxygen atoms in total. The molecule has 4 aromatic rings. The topological polar surface area (TPSA) is 190 Å². The van der Waals surface area contributed by atoms with Gasteiger partial charge in [-0.1, -0.05) is 25.6 Å². The highest BCUT2D eigenvalue weighted by Crippen LogP contribution is 2.28. The van der Waals surface area contributed by atoms with Crippen molar-refractivity contribution in [2.45, 2.75) is 24.2 Å². The zero-order valence-electron chi connectivity index (χ0n) is 24.6. The van der Waals surface area contributed by atoms with Gasteiger partial charge in [-0.05, 0) is 30.0 Å². The van der Waals surface area contributed by atoms with Gasteiger partial charge in [-0.15, -0.1) is 0 Å². The molecule has 0 bridgehead atoms. The summed E-state index contributed by atoms with van der Waals surface area (Å²) in [7, 11) is -1.36. The van der Waals surface area contributed by atoms with E-state index in [9.17, 15) is 35.6 Å². The molecule has 0 aliphatic rings. The normalized spacial score (nSPS) is 11.0. The number of sulfone groups is 1. The first kappa shape index (κ1) is 35.6. The molecular weight excluding hydrogens is 656 g/mol. The summed E-state index contributed by atoms with van der Waals surface area (Å²) in [5.41, 5.74) is 9.05. The van der Waals surface area contributed by atoms with Crippen LogP contribution in [0.25, 0.3) is 0 Å². The first-order valence-corrected chi connectivity index (χ1v) is 15.6. The van der Waals surface area contributed by atoms with Crippen LogP contribution in [0, 0.1) is 23.3 Å². The number of hydrogen-bond acceptors (Lipinski definition) is 13. The molecule has 0 unspecified atom stereocenters. The van der Waals surface area contributed by atoms with Crippen LogP contribution in [-0.4, -0.2) is 65.6 Å². The Morgan fingerprint density at radius 3 is 1.63 bits per heavy atom. The van der Waals surface area contributed by atoms with E-state index in [2.05, 4.69) is 19.9 Å². The number of thioether (sulfide) groups is 1. The van der Waals surface area contributed by atoms with Crippen LogP contribution >= 0.6 is 11.8 Å². The lowest BCUT2D eigenvalue weighted by atomic mass is 10.0. The lowest BCUT2D eigenvalue weighted by Gasteiger charge is -2.09. The Morgan fingerprint density at radius 1 is 0.783 bits per heavy atom. The number of nitrogens with two attached hydrogens (primary N) is 2. The molecule has 0 atom stereocenters. The van der Waals surface area contributed by atoms with E-state index in [-0.39, 0.29) is 28.6 Å². The number of carbonyl (C=O) groups is 2. The van der Waals surface area contributed by atoms with Gasteiger partial charge in [0.05, 0.1) is 42.2 Å². The molecule has 4 N–H and O–H groups in total. The van der Waals surface area contributed by atoms with Crippen molar-refractivity contribution in [3.05, 3.63) is 82.2 Å². The minimum atomic E-state index is -3.74. The van der Waals surface area contributed by atoms with E-state index in [0.717, 1.165) is 43.3 Å². The van der Waals surface area contributed by atoms with E-state index >= 15 is 0 Å². The number of ether oxygens (including phenoxy) is 2. The largest absolute Gasteiger partial charge is 0.494 e. The fourth-order valence-electron chi connectivity index (χ4n) is 3.65. The van der Waals surface area contributed by atoms with Crippen molar-refractivity contribution in [1.29, 1.82) is 0 Å². The van der Waals surface area contributed by atoms with Gasteiger partial charge < -0.3 is 20.9 Å². The van der Waals surface area contributed by atoms with Crippen LogP contribution in [0.2, 0.25) is 0 Å². The lowest BCUT2D eigenvalue weighted by molar-refractivity contribution is 0.102.